The van der Waals surface area contributed by atoms with E-state index in [-0.39, 0.29) is 5.97 Å². The molecule has 0 atom stereocenters. The van der Waals surface area contributed by atoms with Crippen LogP contribution in [-0.4, -0.2) is 18.3 Å². The molecule has 3 heteroatoms. The first-order valence-electron chi connectivity index (χ1n) is 9.72. The maximum Gasteiger partial charge on any atom is 0.305 e. The molecule has 0 rings (SSSR count). The monoisotopic (exact) mass is 342 g/mol. The standard InChI is InChI=1S/C20H38O2S/c1-2-3-4-5-6-7-8-9-10-11-12-13-14-15-16-17-20(21)22-18-19-23/h5-6,23H,2-4,7-19H2,1H3/b6-5+. The third kappa shape index (κ3) is 19.5. The van der Waals surface area contributed by atoms with E-state index in [2.05, 4.69) is 31.7 Å². The zero-order valence-electron chi connectivity index (χ0n) is 15.2. The van der Waals surface area contributed by atoms with Gasteiger partial charge in [0.25, 0.3) is 0 Å². The Balaban J connectivity index is 3.10. The maximum atomic E-state index is 11.3. The molecule has 0 aromatic rings. The molecule has 0 N–H and O–H groups in total. The van der Waals surface area contributed by atoms with E-state index in [0.717, 1.165) is 12.8 Å². The minimum absolute atomic E-state index is 0.0669. The van der Waals surface area contributed by atoms with Crippen LogP contribution in [0.1, 0.15) is 96.8 Å². The van der Waals surface area contributed by atoms with E-state index >= 15 is 0 Å². The smallest absolute Gasteiger partial charge is 0.305 e. The molecule has 0 bridgehead atoms. The highest BCUT2D eigenvalue weighted by atomic mass is 32.1. The summed E-state index contributed by atoms with van der Waals surface area (Å²) in [7, 11) is 0. The number of ether oxygens (including phenoxy) is 1. The number of esters is 1. The Morgan fingerprint density at radius 3 is 1.91 bits per heavy atom. The van der Waals surface area contributed by atoms with Crippen molar-refractivity contribution in [3.63, 3.8) is 0 Å². The Morgan fingerprint density at radius 1 is 0.826 bits per heavy atom. The Hall–Kier alpha value is -0.440. The van der Waals surface area contributed by atoms with E-state index < -0.39 is 0 Å². The predicted octanol–water partition coefficient (Wildman–Crippen LogP) is 6.50. The molecule has 0 unspecified atom stereocenters. The van der Waals surface area contributed by atoms with Crippen LogP contribution in [0.3, 0.4) is 0 Å². The van der Waals surface area contributed by atoms with Crippen LogP contribution in [0.5, 0.6) is 0 Å². The second-order valence-electron chi connectivity index (χ2n) is 6.28. The summed E-state index contributed by atoms with van der Waals surface area (Å²) in [6.07, 6.45) is 21.9. The lowest BCUT2D eigenvalue weighted by Crippen LogP contribution is -2.06. The van der Waals surface area contributed by atoms with Crippen LogP contribution in [0, 0.1) is 0 Å². The summed E-state index contributed by atoms with van der Waals surface area (Å²) in [5, 5.41) is 0. The predicted molar refractivity (Wildman–Crippen MR) is 104 cm³/mol. The average Bonchev–Trinajstić information content (AvgIpc) is 2.56. The Kier molecular flexibility index (Phi) is 19.2. The van der Waals surface area contributed by atoms with Crippen molar-refractivity contribution < 1.29 is 9.53 Å². The SMILES string of the molecule is CCCC/C=C/CCCCCCCCCCCC(=O)OCCS. The number of hydrogen-bond donors (Lipinski definition) is 1. The molecule has 0 amide bonds. The summed E-state index contributed by atoms with van der Waals surface area (Å²) in [5.41, 5.74) is 0. The van der Waals surface area contributed by atoms with Gasteiger partial charge >= 0.3 is 5.97 Å². The topological polar surface area (TPSA) is 26.3 Å². The molecule has 0 heterocycles. The van der Waals surface area contributed by atoms with Crippen molar-refractivity contribution in [2.75, 3.05) is 12.4 Å². The summed E-state index contributed by atoms with van der Waals surface area (Å²) in [5.74, 6) is 0.545. The lowest BCUT2D eigenvalue weighted by molar-refractivity contribution is -0.143. The first-order chi connectivity index (χ1) is 11.3. The van der Waals surface area contributed by atoms with E-state index in [4.69, 9.17) is 4.74 Å². The van der Waals surface area contributed by atoms with Crippen LogP contribution in [0.15, 0.2) is 12.2 Å². The maximum absolute atomic E-state index is 11.3. The van der Waals surface area contributed by atoms with Gasteiger partial charge in [-0.25, -0.2) is 0 Å². The molecule has 136 valence electrons. The minimum Gasteiger partial charge on any atom is -0.465 e. The number of carbonyl (C=O) groups is 1. The average molecular weight is 343 g/mol. The molecule has 0 saturated carbocycles. The molecule has 0 saturated heterocycles. The molecule has 0 radical (unpaired) electrons. The van der Waals surface area contributed by atoms with Gasteiger partial charge in [0, 0.05) is 12.2 Å². The largest absolute Gasteiger partial charge is 0.465 e. The van der Waals surface area contributed by atoms with E-state index in [9.17, 15) is 4.79 Å². The second-order valence-corrected chi connectivity index (χ2v) is 6.73. The molecule has 0 aliphatic carbocycles. The molecule has 0 aliphatic rings. The summed E-state index contributed by atoms with van der Waals surface area (Å²) < 4.78 is 4.99. The molecular formula is C20H38O2S. The van der Waals surface area contributed by atoms with Gasteiger partial charge < -0.3 is 4.74 Å². The van der Waals surface area contributed by atoms with Crippen LogP contribution in [0.4, 0.5) is 0 Å². The van der Waals surface area contributed by atoms with Gasteiger partial charge in [0.1, 0.15) is 6.61 Å². The zero-order valence-corrected chi connectivity index (χ0v) is 16.1. The van der Waals surface area contributed by atoms with Crippen LogP contribution >= 0.6 is 12.6 Å². The summed E-state index contributed by atoms with van der Waals surface area (Å²) in [4.78, 5) is 11.3. The number of carbonyl (C=O) groups excluding carboxylic acids is 1. The Morgan fingerprint density at radius 2 is 1.35 bits per heavy atom. The minimum atomic E-state index is -0.0669. The van der Waals surface area contributed by atoms with Gasteiger partial charge in [-0.05, 0) is 25.7 Å². The Bertz CT molecular complexity index is 277. The molecule has 0 aromatic carbocycles. The molecule has 0 aromatic heterocycles. The van der Waals surface area contributed by atoms with Gasteiger partial charge in [0.05, 0.1) is 0 Å². The zero-order chi connectivity index (χ0) is 17.0. The number of unbranched alkanes of at least 4 members (excludes halogenated alkanes) is 11. The van der Waals surface area contributed by atoms with Gasteiger partial charge in [-0.1, -0.05) is 76.9 Å². The van der Waals surface area contributed by atoms with E-state index in [1.165, 1.54) is 70.6 Å². The van der Waals surface area contributed by atoms with Crippen molar-refractivity contribution >= 4 is 18.6 Å². The number of thiol groups is 1. The van der Waals surface area contributed by atoms with E-state index in [1.807, 2.05) is 0 Å². The molecule has 0 fully saturated rings. The van der Waals surface area contributed by atoms with Crippen molar-refractivity contribution in [1.82, 2.24) is 0 Å². The van der Waals surface area contributed by atoms with Crippen LogP contribution in [-0.2, 0) is 9.53 Å². The molecule has 23 heavy (non-hydrogen) atoms. The van der Waals surface area contributed by atoms with Crippen LogP contribution in [0.2, 0.25) is 0 Å². The summed E-state index contributed by atoms with van der Waals surface area (Å²) in [6.45, 7) is 2.68. The quantitative estimate of drug-likeness (QED) is 0.141. The van der Waals surface area contributed by atoms with Crippen molar-refractivity contribution in [2.24, 2.45) is 0 Å². The van der Waals surface area contributed by atoms with Crippen molar-refractivity contribution in [2.45, 2.75) is 96.8 Å². The van der Waals surface area contributed by atoms with Gasteiger partial charge in [0.15, 0.2) is 0 Å². The van der Waals surface area contributed by atoms with E-state index in [0.29, 0.717) is 18.8 Å². The first kappa shape index (κ1) is 22.6. The van der Waals surface area contributed by atoms with Gasteiger partial charge in [0.2, 0.25) is 0 Å². The molecule has 2 nitrogen and oxygen atoms in total. The van der Waals surface area contributed by atoms with Gasteiger partial charge in [-0.15, -0.1) is 0 Å². The summed E-state index contributed by atoms with van der Waals surface area (Å²) >= 11 is 4.02. The number of hydrogen-bond acceptors (Lipinski definition) is 3. The fraction of sp³-hybridized carbons (Fsp3) is 0.850. The highest BCUT2D eigenvalue weighted by Crippen LogP contribution is 2.12. The third-order valence-electron chi connectivity index (χ3n) is 4.00. The summed E-state index contributed by atoms with van der Waals surface area (Å²) in [6, 6.07) is 0. The van der Waals surface area contributed by atoms with Gasteiger partial charge in [-0.3, -0.25) is 4.79 Å². The number of rotatable bonds is 17. The molecular weight excluding hydrogens is 304 g/mol. The normalized spacial score (nSPS) is 11.2. The highest BCUT2D eigenvalue weighted by molar-refractivity contribution is 7.80. The fourth-order valence-electron chi connectivity index (χ4n) is 2.56. The van der Waals surface area contributed by atoms with Crippen LogP contribution in [0.25, 0.3) is 0 Å². The van der Waals surface area contributed by atoms with Crippen LogP contribution < -0.4 is 0 Å². The number of allylic oxidation sites excluding steroid dienone is 2. The fourth-order valence-corrected chi connectivity index (χ4v) is 2.65. The van der Waals surface area contributed by atoms with E-state index in [1.54, 1.807) is 0 Å². The highest BCUT2D eigenvalue weighted by Gasteiger charge is 2.01. The third-order valence-corrected chi connectivity index (χ3v) is 4.18. The van der Waals surface area contributed by atoms with Crippen molar-refractivity contribution in [3.05, 3.63) is 12.2 Å². The molecule has 0 aliphatic heterocycles. The lowest BCUT2D eigenvalue weighted by Gasteiger charge is -2.03. The second kappa shape index (κ2) is 19.6. The van der Waals surface area contributed by atoms with Crippen molar-refractivity contribution in [3.8, 4) is 0 Å². The molecule has 0 spiro atoms. The first-order valence-corrected chi connectivity index (χ1v) is 10.4. The van der Waals surface area contributed by atoms with Crippen molar-refractivity contribution in [1.29, 1.82) is 0 Å². The van der Waals surface area contributed by atoms with Gasteiger partial charge in [-0.2, -0.15) is 12.6 Å². The lowest BCUT2D eigenvalue weighted by atomic mass is 10.1. The Labute approximate surface area is 149 Å².